The third-order valence-electron chi connectivity index (χ3n) is 3.62. The molecular weight excluding hydrogens is 288 g/mol. The number of nitrogens with zero attached hydrogens (tertiary/aromatic N) is 1. The molecular formula is C15H23BrN2. The number of piperidine rings is 1. The zero-order chi connectivity index (χ0) is 13.1. The Morgan fingerprint density at radius 1 is 1.28 bits per heavy atom. The average Bonchev–Trinajstić information content (AvgIpc) is 2.30. The SMILES string of the molecule is CNCc1ccc(Br)cc1N1CC(C)CC(C)C1. The fourth-order valence-electron chi connectivity index (χ4n) is 3.03. The molecule has 1 heterocycles. The number of hydrogen-bond acceptors (Lipinski definition) is 2. The Kier molecular flexibility index (Phi) is 4.68. The van der Waals surface area contributed by atoms with Gasteiger partial charge >= 0.3 is 0 Å². The second-order valence-electron chi connectivity index (χ2n) is 5.65. The van der Waals surface area contributed by atoms with E-state index in [1.165, 1.54) is 35.2 Å². The average molecular weight is 311 g/mol. The Hall–Kier alpha value is -0.540. The first-order valence-corrected chi connectivity index (χ1v) is 7.57. The molecule has 0 spiro atoms. The predicted molar refractivity (Wildman–Crippen MR) is 82.1 cm³/mol. The molecule has 18 heavy (non-hydrogen) atoms. The van der Waals surface area contributed by atoms with Crippen LogP contribution in [0.5, 0.6) is 0 Å². The predicted octanol–water partition coefficient (Wildman–Crippen LogP) is 3.65. The van der Waals surface area contributed by atoms with Crippen LogP contribution >= 0.6 is 15.9 Å². The first kappa shape index (κ1) is 13.9. The van der Waals surface area contributed by atoms with E-state index in [9.17, 15) is 0 Å². The highest BCUT2D eigenvalue weighted by molar-refractivity contribution is 9.10. The van der Waals surface area contributed by atoms with Gasteiger partial charge in [-0.2, -0.15) is 0 Å². The standard InChI is InChI=1S/C15H23BrN2/c1-11-6-12(2)10-18(9-11)15-7-14(16)5-4-13(15)8-17-3/h4-5,7,11-12,17H,6,8-10H2,1-3H3. The van der Waals surface area contributed by atoms with Crippen LogP contribution in [0.4, 0.5) is 5.69 Å². The van der Waals surface area contributed by atoms with E-state index in [0.29, 0.717) is 0 Å². The molecule has 0 aromatic heterocycles. The Bertz CT molecular complexity index is 395. The van der Waals surface area contributed by atoms with Crippen molar-refractivity contribution in [3.8, 4) is 0 Å². The van der Waals surface area contributed by atoms with Crippen LogP contribution in [0.25, 0.3) is 0 Å². The van der Waals surface area contributed by atoms with Gasteiger partial charge in [-0.15, -0.1) is 0 Å². The molecule has 1 N–H and O–H groups in total. The maximum absolute atomic E-state index is 3.60. The van der Waals surface area contributed by atoms with Crippen LogP contribution < -0.4 is 10.2 Å². The Labute approximate surface area is 119 Å². The van der Waals surface area contributed by atoms with Crippen LogP contribution in [-0.2, 0) is 6.54 Å². The van der Waals surface area contributed by atoms with Gasteiger partial charge in [0.25, 0.3) is 0 Å². The highest BCUT2D eigenvalue weighted by Gasteiger charge is 2.23. The first-order valence-electron chi connectivity index (χ1n) is 6.78. The van der Waals surface area contributed by atoms with Crippen LogP contribution in [0, 0.1) is 11.8 Å². The number of halogens is 1. The Morgan fingerprint density at radius 3 is 2.56 bits per heavy atom. The fraction of sp³-hybridized carbons (Fsp3) is 0.600. The van der Waals surface area contributed by atoms with Gasteiger partial charge in [-0.1, -0.05) is 35.8 Å². The molecule has 0 saturated carbocycles. The van der Waals surface area contributed by atoms with E-state index in [1.54, 1.807) is 0 Å². The zero-order valence-electron chi connectivity index (χ0n) is 11.5. The summed E-state index contributed by atoms with van der Waals surface area (Å²) in [6.07, 6.45) is 1.35. The quantitative estimate of drug-likeness (QED) is 0.916. The molecule has 0 aliphatic carbocycles. The van der Waals surface area contributed by atoms with E-state index in [2.05, 4.69) is 58.2 Å². The van der Waals surface area contributed by atoms with Crippen molar-refractivity contribution in [2.45, 2.75) is 26.8 Å². The molecule has 2 rings (SSSR count). The molecule has 100 valence electrons. The molecule has 0 radical (unpaired) electrons. The number of nitrogens with one attached hydrogen (secondary N) is 1. The third-order valence-corrected chi connectivity index (χ3v) is 4.12. The fourth-order valence-corrected chi connectivity index (χ4v) is 3.38. The summed E-state index contributed by atoms with van der Waals surface area (Å²) < 4.78 is 1.17. The van der Waals surface area contributed by atoms with Gasteiger partial charge in [-0.3, -0.25) is 0 Å². The Morgan fingerprint density at radius 2 is 1.94 bits per heavy atom. The lowest BCUT2D eigenvalue weighted by Gasteiger charge is -2.37. The second kappa shape index (κ2) is 6.07. The van der Waals surface area contributed by atoms with Gasteiger partial charge in [0.1, 0.15) is 0 Å². The van der Waals surface area contributed by atoms with Gasteiger partial charge < -0.3 is 10.2 Å². The van der Waals surface area contributed by atoms with Gasteiger partial charge in [0.05, 0.1) is 0 Å². The van der Waals surface area contributed by atoms with E-state index in [-0.39, 0.29) is 0 Å². The highest BCUT2D eigenvalue weighted by atomic mass is 79.9. The van der Waals surface area contributed by atoms with Gasteiger partial charge in [0, 0.05) is 29.8 Å². The summed E-state index contributed by atoms with van der Waals surface area (Å²) in [4.78, 5) is 2.55. The van der Waals surface area contributed by atoms with Gasteiger partial charge in [-0.25, -0.2) is 0 Å². The highest BCUT2D eigenvalue weighted by Crippen LogP contribution is 2.31. The molecule has 1 aromatic carbocycles. The topological polar surface area (TPSA) is 15.3 Å². The van der Waals surface area contributed by atoms with Crippen LogP contribution in [-0.4, -0.2) is 20.1 Å². The molecule has 2 atom stereocenters. The van der Waals surface area contributed by atoms with Crippen molar-refractivity contribution in [1.82, 2.24) is 5.32 Å². The van der Waals surface area contributed by atoms with Gasteiger partial charge in [0.15, 0.2) is 0 Å². The van der Waals surface area contributed by atoms with Crippen LogP contribution in [0.3, 0.4) is 0 Å². The minimum absolute atomic E-state index is 0.787. The molecule has 1 aliphatic rings. The lowest BCUT2D eigenvalue weighted by atomic mass is 9.91. The summed E-state index contributed by atoms with van der Waals surface area (Å²) in [7, 11) is 2.01. The van der Waals surface area contributed by atoms with E-state index >= 15 is 0 Å². The smallest absolute Gasteiger partial charge is 0.0423 e. The Balaban J connectivity index is 2.27. The van der Waals surface area contributed by atoms with Crippen molar-refractivity contribution in [3.05, 3.63) is 28.2 Å². The van der Waals surface area contributed by atoms with Crippen LogP contribution in [0.15, 0.2) is 22.7 Å². The maximum atomic E-state index is 3.60. The summed E-state index contributed by atoms with van der Waals surface area (Å²) in [6, 6.07) is 6.62. The summed E-state index contributed by atoms with van der Waals surface area (Å²) in [5.74, 6) is 1.57. The molecule has 1 fully saturated rings. The van der Waals surface area contributed by atoms with Crippen LogP contribution in [0.2, 0.25) is 0 Å². The van der Waals surface area contributed by atoms with Crippen molar-refractivity contribution in [1.29, 1.82) is 0 Å². The summed E-state index contributed by atoms with van der Waals surface area (Å²) >= 11 is 3.60. The van der Waals surface area contributed by atoms with Crippen LogP contribution in [0.1, 0.15) is 25.8 Å². The maximum Gasteiger partial charge on any atom is 0.0423 e. The number of anilines is 1. The third kappa shape index (κ3) is 3.27. The van der Waals surface area contributed by atoms with Gasteiger partial charge in [-0.05, 0) is 43.0 Å². The van der Waals surface area contributed by atoms with Crippen molar-refractivity contribution in [2.75, 3.05) is 25.0 Å². The van der Waals surface area contributed by atoms with E-state index < -0.39 is 0 Å². The molecule has 3 heteroatoms. The monoisotopic (exact) mass is 310 g/mol. The van der Waals surface area contributed by atoms with E-state index in [0.717, 1.165) is 18.4 Å². The second-order valence-corrected chi connectivity index (χ2v) is 6.57. The van der Waals surface area contributed by atoms with Crippen molar-refractivity contribution >= 4 is 21.6 Å². The van der Waals surface area contributed by atoms with Gasteiger partial charge in [0.2, 0.25) is 0 Å². The van der Waals surface area contributed by atoms with E-state index in [4.69, 9.17) is 0 Å². The summed E-state index contributed by atoms with van der Waals surface area (Å²) in [5.41, 5.74) is 2.78. The largest absolute Gasteiger partial charge is 0.371 e. The zero-order valence-corrected chi connectivity index (χ0v) is 13.1. The minimum Gasteiger partial charge on any atom is -0.371 e. The molecule has 0 amide bonds. The normalized spacial score (nSPS) is 24.3. The minimum atomic E-state index is 0.787. The van der Waals surface area contributed by atoms with Crippen molar-refractivity contribution < 1.29 is 0 Å². The van der Waals surface area contributed by atoms with E-state index in [1.807, 2.05) is 7.05 Å². The molecule has 2 unspecified atom stereocenters. The molecule has 2 nitrogen and oxygen atoms in total. The molecule has 1 saturated heterocycles. The van der Waals surface area contributed by atoms with Crippen molar-refractivity contribution in [3.63, 3.8) is 0 Å². The lowest BCUT2D eigenvalue weighted by Crippen LogP contribution is -2.39. The molecule has 1 aromatic rings. The first-order chi connectivity index (χ1) is 8.60. The summed E-state index contributed by atoms with van der Waals surface area (Å²) in [5, 5.41) is 3.26. The number of hydrogen-bond donors (Lipinski definition) is 1. The summed E-state index contributed by atoms with van der Waals surface area (Å²) in [6.45, 7) is 8.01. The lowest BCUT2D eigenvalue weighted by molar-refractivity contribution is 0.356. The number of benzene rings is 1. The molecule has 1 aliphatic heterocycles. The molecule has 0 bridgehead atoms. The number of rotatable bonds is 3. The van der Waals surface area contributed by atoms with Crippen molar-refractivity contribution in [2.24, 2.45) is 11.8 Å².